The van der Waals surface area contributed by atoms with E-state index in [9.17, 15) is 4.79 Å². The van der Waals surface area contributed by atoms with Crippen LogP contribution in [0.5, 0.6) is 0 Å². The first-order chi connectivity index (χ1) is 5.67. The molecule has 0 heterocycles. The molecule has 0 aliphatic heterocycles. The maximum atomic E-state index is 10.7. The SMILES string of the molecule is [2H]O[13C](=O)[13C@@]([2H])([15N]([2H])[2H])[13C]([2H])([2H])[2H]. The number of carboxylic acid groups (broad SMARTS) is 1. The lowest BCUT2D eigenvalue weighted by atomic mass is 11.4. The van der Waals surface area contributed by atoms with Gasteiger partial charge in [-0.25, -0.2) is 0 Å². The van der Waals surface area contributed by atoms with Gasteiger partial charge in [-0.05, 0) is 6.85 Å². The molecule has 1 atom stereocenters. The van der Waals surface area contributed by atoms with Crippen LogP contribution in [-0.4, -0.2) is 17.1 Å². The highest BCUT2D eigenvalue weighted by Crippen LogP contribution is 1.68. The Bertz CT molecular complexity index is 202. The molecule has 0 spiro atoms. The minimum absolute atomic E-state index is 0.614. The van der Waals surface area contributed by atoms with Gasteiger partial charge in [-0.1, -0.05) is 0 Å². The molecule has 0 amide bonds. The number of hydrogen-bond donors (Lipinski definition) is 2. The fourth-order valence-electron chi connectivity index (χ4n) is 0. The third-order valence-electron chi connectivity index (χ3n) is 0.193. The van der Waals surface area contributed by atoms with Gasteiger partial charge in [0.15, 0.2) is 0 Å². The Hall–Kier alpha value is -0.570. The average molecular weight is 100 g/mol. The highest BCUT2D eigenvalue weighted by atomic mass is 16.5. The van der Waals surface area contributed by atoms with E-state index in [2.05, 4.69) is 5.11 Å². The smallest absolute Gasteiger partial charge is 0.320 e. The Morgan fingerprint density at radius 1 is 2.83 bits per heavy atom. The Kier molecular flexibility index (Phi) is 0.240. The maximum Gasteiger partial charge on any atom is 0.320 e. The van der Waals surface area contributed by atoms with E-state index < -0.39 is 24.6 Å². The van der Waals surface area contributed by atoms with Crippen molar-refractivity contribution in [1.82, 2.24) is 0 Å². The van der Waals surface area contributed by atoms with Crippen LogP contribution >= 0.6 is 0 Å². The summed E-state index contributed by atoms with van der Waals surface area (Å²) in [5, 5.41) is 3.29. The number of nitrogens with two attached hydrogens (primary N) is 1. The fraction of sp³-hybridized carbons (Fsp3) is 0.667. The molecule has 3 nitrogen and oxygen atoms in total. The van der Waals surface area contributed by atoms with Crippen LogP contribution < -0.4 is 5.72 Å². The molecule has 0 unspecified atom stereocenters. The van der Waals surface area contributed by atoms with E-state index in [1.807, 2.05) is 0 Å². The van der Waals surface area contributed by atoms with Crippen molar-refractivity contribution in [2.45, 2.75) is 12.9 Å². The van der Waals surface area contributed by atoms with Crippen molar-refractivity contribution in [2.75, 3.05) is 0 Å². The van der Waals surface area contributed by atoms with Crippen molar-refractivity contribution < 1.29 is 18.2 Å². The van der Waals surface area contributed by atoms with Crippen LogP contribution in [0.1, 0.15) is 12.3 Å². The first-order valence-electron chi connectivity index (χ1n) is 4.43. The Morgan fingerprint density at radius 3 is 3.83 bits per heavy atom. The van der Waals surface area contributed by atoms with Crippen molar-refractivity contribution in [1.29, 1.82) is 1.43 Å². The van der Waals surface area contributed by atoms with Gasteiger partial charge in [0.2, 0.25) is 0 Å². The molecule has 0 fully saturated rings. The fourth-order valence-corrected chi connectivity index (χ4v) is 0. The van der Waals surface area contributed by atoms with E-state index in [0.717, 1.165) is 0 Å². The lowest BCUT2D eigenvalue weighted by Gasteiger charge is -1.90. The quantitative estimate of drug-likeness (QED) is 0.360. The highest BCUT2D eigenvalue weighted by molar-refractivity contribution is 5.72. The summed E-state index contributed by atoms with van der Waals surface area (Å²) in [5.74, 6) is -1.79. The van der Waals surface area contributed by atoms with Gasteiger partial charge < -0.3 is 10.8 Å². The molecule has 0 aromatic carbocycles. The first-order valence-corrected chi connectivity index (χ1v) is 1.13. The summed E-state index contributed by atoms with van der Waals surface area (Å²) < 4.78 is 46.5. The number of aliphatic carboxylic acids is 1. The molecular formula is C3H7NO2. The van der Waals surface area contributed by atoms with Gasteiger partial charge in [0, 0.05) is 4.11 Å². The molecule has 6 heavy (non-hydrogen) atoms. The monoisotopic (exact) mass is 100 g/mol. The minimum atomic E-state index is -3.23. The first kappa shape index (κ1) is 0.816. The summed E-state index contributed by atoms with van der Waals surface area (Å²) in [6, 6.07) is -3.19. The molecule has 0 aromatic heterocycles. The highest BCUT2D eigenvalue weighted by Gasteiger charge is 1.99. The van der Waals surface area contributed by atoms with Crippen molar-refractivity contribution >= 4 is 5.97 Å². The van der Waals surface area contributed by atoms with Crippen LogP contribution in [0.15, 0.2) is 0 Å². The molecule has 0 saturated carbocycles. The molecule has 0 rings (SSSR count). The molecule has 3 heteroatoms. The molecule has 0 aliphatic carbocycles. The van der Waals surface area contributed by atoms with E-state index in [0.29, 0.717) is 0 Å². The van der Waals surface area contributed by atoms with E-state index >= 15 is 0 Å². The van der Waals surface area contributed by atoms with Crippen LogP contribution in [-0.2, 0) is 4.79 Å². The Morgan fingerprint density at radius 2 is 3.67 bits per heavy atom. The van der Waals surface area contributed by atoms with E-state index in [-0.39, 0.29) is 0 Å². The van der Waals surface area contributed by atoms with Crippen molar-refractivity contribution in [3.63, 3.8) is 0 Å². The zero-order valence-corrected chi connectivity index (χ0v) is 2.76. The van der Waals surface area contributed by atoms with E-state index in [4.69, 9.17) is 9.74 Å². The number of hydrogen-bond acceptors (Lipinski definition) is 3. The minimum Gasteiger partial charge on any atom is -0.480 e. The number of rotatable bonds is 2. The van der Waals surface area contributed by atoms with Crippen molar-refractivity contribution in [2.24, 2.45) is 5.72 Å². The molecule has 0 aromatic rings. The summed E-state index contributed by atoms with van der Waals surface area (Å²) in [7, 11) is 0. The van der Waals surface area contributed by atoms with Crippen molar-refractivity contribution in [3.8, 4) is 0 Å². The van der Waals surface area contributed by atoms with Gasteiger partial charge in [0.25, 0.3) is 1.43 Å². The van der Waals surface area contributed by atoms with Gasteiger partial charge in [-0.15, -0.1) is 0 Å². The standard InChI is InChI=1S/C3H7NO2/c1-2(4)3(5)6/h2H,4H2,1H3,(H,5,6)/t2-/m0/s1/i1+1D3,2+1D,3+1,4+1/hD3. The van der Waals surface area contributed by atoms with Gasteiger partial charge in [-0.3, -0.25) is 4.79 Å². The van der Waals surface area contributed by atoms with Gasteiger partial charge in [0.1, 0.15) is 8.84 Å². The average Bonchev–Trinajstić information content (AvgIpc) is 1.98. The van der Waals surface area contributed by atoms with Crippen LogP contribution in [0.4, 0.5) is 0 Å². The normalized spacial score (nSPS) is 37.8. The summed E-state index contributed by atoms with van der Waals surface area (Å²) in [5.41, 5.74) is -0.614. The van der Waals surface area contributed by atoms with Crippen LogP contribution in [0.2, 0.25) is 2.82 Å². The predicted molar refractivity (Wildman–Crippen MR) is 21.3 cm³/mol. The Labute approximate surface area is 45.8 Å². The van der Waals surface area contributed by atoms with Crippen LogP contribution in [0, 0.1) is 0 Å². The summed E-state index contributed by atoms with van der Waals surface area (Å²) in [4.78, 5) is 10.7. The van der Waals surface area contributed by atoms with Gasteiger partial charge >= 0.3 is 5.97 Å². The Balaban J connectivity index is 5.08. The van der Waals surface area contributed by atoms with E-state index in [1.54, 1.807) is 0 Å². The molecule has 0 bridgehead atoms. The molecule has 0 saturated heterocycles. The van der Waals surface area contributed by atoms with Crippen molar-refractivity contribution in [3.05, 3.63) is 0 Å². The maximum absolute atomic E-state index is 10.7. The lowest BCUT2D eigenvalue weighted by Crippen LogP contribution is -2.25. The summed E-state index contributed by atoms with van der Waals surface area (Å²) in [6.45, 7) is -3.23. The predicted octanol–water partition coefficient (Wildman–Crippen LogP) is -0.582. The summed E-state index contributed by atoms with van der Waals surface area (Å²) in [6.07, 6.45) is 0. The summed E-state index contributed by atoms with van der Waals surface area (Å²) >= 11 is 0. The van der Waals surface area contributed by atoms with Crippen LogP contribution in [0.3, 0.4) is 0 Å². The zero-order valence-electron chi connectivity index (χ0n) is 9.76. The molecule has 36 valence electrons. The molecule has 3 N–H and O–H groups in total. The largest absolute Gasteiger partial charge is 0.480 e. The van der Waals surface area contributed by atoms with E-state index in [1.165, 1.54) is 0 Å². The lowest BCUT2D eigenvalue weighted by molar-refractivity contribution is -0.138. The second-order valence-corrected chi connectivity index (χ2v) is 0.636. The molecular weight excluding hydrogens is 86.0 g/mol. The second-order valence-electron chi connectivity index (χ2n) is 0.636. The number of carboxylic acids is 1. The van der Waals surface area contributed by atoms with Crippen LogP contribution in [0.25, 0.3) is 1.43 Å². The number of carbonyl (C=O) groups is 1. The second kappa shape index (κ2) is 1.77. The molecule has 0 radical (unpaired) electrons. The molecule has 0 aliphatic rings. The third-order valence-corrected chi connectivity index (χ3v) is 0.193. The van der Waals surface area contributed by atoms with Gasteiger partial charge in [0.05, 0.1) is 1.37 Å². The topological polar surface area (TPSA) is 63.3 Å². The third kappa shape index (κ3) is 1.72. The zero-order chi connectivity index (χ0) is 10.9. The van der Waals surface area contributed by atoms with Gasteiger partial charge in [-0.2, -0.15) is 0 Å².